The molecular weight excluding hydrogens is 238 g/mol. The first-order valence-corrected chi connectivity index (χ1v) is 5.28. The Hall–Kier alpha value is -2.08. The average molecular weight is 253 g/mol. The fourth-order valence-corrected chi connectivity index (χ4v) is 1.39. The van der Waals surface area contributed by atoms with Crippen molar-refractivity contribution in [1.29, 1.82) is 0 Å². The third-order valence-corrected chi connectivity index (χ3v) is 2.37. The summed E-state index contributed by atoms with van der Waals surface area (Å²) in [6.07, 6.45) is 0. The van der Waals surface area contributed by atoms with E-state index in [1.54, 1.807) is 13.0 Å². The molecule has 0 saturated carbocycles. The van der Waals surface area contributed by atoms with Gasteiger partial charge in [-0.2, -0.15) is 0 Å². The Bertz CT molecular complexity index is 458. The predicted molar refractivity (Wildman–Crippen MR) is 63.2 cm³/mol. The van der Waals surface area contributed by atoms with Crippen molar-refractivity contribution in [3.8, 4) is 5.75 Å². The number of phenols is 1. The highest BCUT2D eigenvalue weighted by molar-refractivity contribution is 5.99. The van der Waals surface area contributed by atoms with Gasteiger partial charge in [0.15, 0.2) is 6.04 Å². The van der Waals surface area contributed by atoms with E-state index in [-0.39, 0.29) is 11.3 Å². The molecule has 6 nitrogen and oxygen atoms in total. The lowest BCUT2D eigenvalue weighted by atomic mass is 10.1. The average Bonchev–Trinajstić information content (AvgIpc) is 2.37. The molecule has 0 radical (unpaired) electrons. The zero-order chi connectivity index (χ0) is 13.7. The smallest absolute Gasteiger partial charge is 0.330 e. The van der Waals surface area contributed by atoms with Crippen molar-refractivity contribution in [1.82, 2.24) is 5.32 Å². The minimum absolute atomic E-state index is 0.0392. The summed E-state index contributed by atoms with van der Waals surface area (Å²) in [5.74, 6) is -1.60. The number of rotatable bonds is 4. The standard InChI is InChI=1S/C12H15NO5/c1-7-3-4-10(15)8(5-7)11(16)13-9(6-14)12(17)18-2/h3-5,9,14-15H,6H2,1-2H3,(H,13,16). The predicted octanol–water partition coefficient (Wildman–Crippen LogP) is -0.0357. The van der Waals surface area contributed by atoms with Crippen LogP contribution in [0.1, 0.15) is 15.9 Å². The molecule has 6 heteroatoms. The third kappa shape index (κ3) is 3.21. The first-order valence-electron chi connectivity index (χ1n) is 5.28. The summed E-state index contributed by atoms with van der Waals surface area (Å²) < 4.78 is 4.42. The second-order valence-electron chi connectivity index (χ2n) is 3.75. The van der Waals surface area contributed by atoms with Crippen LogP contribution in [0.25, 0.3) is 0 Å². The molecule has 1 atom stereocenters. The summed E-state index contributed by atoms with van der Waals surface area (Å²) in [6, 6.07) is 3.37. The van der Waals surface area contributed by atoms with Crippen LogP contribution in [-0.4, -0.2) is 41.8 Å². The lowest BCUT2D eigenvalue weighted by Crippen LogP contribution is -2.44. The fraction of sp³-hybridized carbons (Fsp3) is 0.333. The number of aliphatic hydroxyl groups is 1. The van der Waals surface area contributed by atoms with Crippen LogP contribution >= 0.6 is 0 Å². The molecular formula is C12H15NO5. The zero-order valence-electron chi connectivity index (χ0n) is 10.1. The second kappa shape index (κ2) is 6.02. The summed E-state index contributed by atoms with van der Waals surface area (Å²) in [7, 11) is 1.15. The highest BCUT2D eigenvalue weighted by Gasteiger charge is 2.22. The number of aromatic hydroxyl groups is 1. The number of esters is 1. The molecule has 0 bridgehead atoms. The van der Waals surface area contributed by atoms with Gasteiger partial charge < -0.3 is 20.3 Å². The first kappa shape index (κ1) is 14.0. The number of ether oxygens (including phenoxy) is 1. The maximum Gasteiger partial charge on any atom is 0.330 e. The van der Waals surface area contributed by atoms with Crippen LogP contribution in [-0.2, 0) is 9.53 Å². The van der Waals surface area contributed by atoms with Gasteiger partial charge >= 0.3 is 5.97 Å². The van der Waals surface area contributed by atoms with Crippen LogP contribution in [0.4, 0.5) is 0 Å². The lowest BCUT2D eigenvalue weighted by molar-refractivity contribution is -0.143. The molecule has 0 fully saturated rings. The number of methoxy groups -OCH3 is 1. The molecule has 1 rings (SSSR count). The van der Waals surface area contributed by atoms with E-state index in [0.717, 1.165) is 12.7 Å². The normalized spacial score (nSPS) is 11.7. The number of aryl methyl sites for hydroxylation is 1. The fourth-order valence-electron chi connectivity index (χ4n) is 1.39. The number of hydrogen-bond acceptors (Lipinski definition) is 5. The zero-order valence-corrected chi connectivity index (χ0v) is 10.1. The van der Waals surface area contributed by atoms with Crippen LogP contribution in [0.5, 0.6) is 5.75 Å². The van der Waals surface area contributed by atoms with E-state index in [4.69, 9.17) is 5.11 Å². The Morgan fingerprint density at radius 1 is 1.44 bits per heavy atom. The van der Waals surface area contributed by atoms with Crippen molar-refractivity contribution in [2.75, 3.05) is 13.7 Å². The van der Waals surface area contributed by atoms with Gasteiger partial charge in [-0.1, -0.05) is 11.6 Å². The Kier molecular flexibility index (Phi) is 4.67. The van der Waals surface area contributed by atoms with Crippen LogP contribution in [0.15, 0.2) is 18.2 Å². The molecule has 0 heterocycles. The Balaban J connectivity index is 2.87. The van der Waals surface area contributed by atoms with Crippen molar-refractivity contribution in [3.05, 3.63) is 29.3 Å². The maximum atomic E-state index is 11.8. The van der Waals surface area contributed by atoms with Gasteiger partial charge in [0.1, 0.15) is 5.75 Å². The van der Waals surface area contributed by atoms with E-state index >= 15 is 0 Å². The van der Waals surface area contributed by atoms with Crippen molar-refractivity contribution >= 4 is 11.9 Å². The highest BCUT2D eigenvalue weighted by Crippen LogP contribution is 2.18. The molecule has 0 aliphatic carbocycles. The Morgan fingerprint density at radius 3 is 2.67 bits per heavy atom. The van der Waals surface area contributed by atoms with Crippen molar-refractivity contribution in [3.63, 3.8) is 0 Å². The number of amides is 1. The Morgan fingerprint density at radius 2 is 2.11 bits per heavy atom. The molecule has 0 spiro atoms. The summed E-state index contributed by atoms with van der Waals surface area (Å²) >= 11 is 0. The summed E-state index contributed by atoms with van der Waals surface area (Å²) in [5, 5.41) is 20.8. The van der Waals surface area contributed by atoms with Crippen LogP contribution in [0.2, 0.25) is 0 Å². The van der Waals surface area contributed by atoms with Gasteiger partial charge in [-0.05, 0) is 19.1 Å². The third-order valence-electron chi connectivity index (χ3n) is 2.37. The van der Waals surface area contributed by atoms with E-state index in [9.17, 15) is 14.7 Å². The molecule has 18 heavy (non-hydrogen) atoms. The topological polar surface area (TPSA) is 95.9 Å². The van der Waals surface area contributed by atoms with Gasteiger partial charge in [-0.3, -0.25) is 4.79 Å². The van der Waals surface area contributed by atoms with E-state index < -0.39 is 24.5 Å². The molecule has 98 valence electrons. The highest BCUT2D eigenvalue weighted by atomic mass is 16.5. The van der Waals surface area contributed by atoms with Crippen LogP contribution < -0.4 is 5.32 Å². The van der Waals surface area contributed by atoms with E-state index in [1.807, 2.05) is 0 Å². The van der Waals surface area contributed by atoms with Gasteiger partial charge in [-0.15, -0.1) is 0 Å². The van der Waals surface area contributed by atoms with Gasteiger partial charge in [0, 0.05) is 0 Å². The summed E-state index contributed by atoms with van der Waals surface area (Å²) in [5.41, 5.74) is 0.828. The monoisotopic (exact) mass is 253 g/mol. The van der Waals surface area contributed by atoms with Crippen molar-refractivity contribution < 1.29 is 24.5 Å². The first-order chi connectivity index (χ1) is 8.49. The maximum absolute atomic E-state index is 11.8. The quantitative estimate of drug-likeness (QED) is 0.654. The minimum atomic E-state index is -1.15. The van der Waals surface area contributed by atoms with Gasteiger partial charge in [0.2, 0.25) is 0 Å². The summed E-state index contributed by atoms with van der Waals surface area (Å²) in [4.78, 5) is 23.0. The molecule has 0 aliphatic rings. The number of benzene rings is 1. The Labute approximate surface area is 104 Å². The van der Waals surface area contributed by atoms with Crippen molar-refractivity contribution in [2.24, 2.45) is 0 Å². The van der Waals surface area contributed by atoms with E-state index in [0.29, 0.717) is 0 Å². The SMILES string of the molecule is COC(=O)C(CO)NC(=O)c1cc(C)ccc1O. The van der Waals surface area contributed by atoms with Gasteiger partial charge in [0.05, 0.1) is 19.3 Å². The molecule has 1 amide bonds. The largest absolute Gasteiger partial charge is 0.507 e. The molecule has 3 N–H and O–H groups in total. The second-order valence-corrected chi connectivity index (χ2v) is 3.75. The summed E-state index contributed by atoms with van der Waals surface area (Å²) in [6.45, 7) is 1.19. The number of carbonyl (C=O) groups excluding carboxylic acids is 2. The number of phenolic OH excluding ortho intramolecular Hbond substituents is 1. The number of hydrogen-bond donors (Lipinski definition) is 3. The van der Waals surface area contributed by atoms with E-state index in [1.165, 1.54) is 12.1 Å². The van der Waals surface area contributed by atoms with Crippen molar-refractivity contribution in [2.45, 2.75) is 13.0 Å². The number of carbonyl (C=O) groups is 2. The molecule has 0 aliphatic heterocycles. The molecule has 1 aromatic rings. The number of nitrogens with one attached hydrogen (secondary N) is 1. The van der Waals surface area contributed by atoms with E-state index in [2.05, 4.69) is 10.1 Å². The van der Waals surface area contributed by atoms with Gasteiger partial charge in [0.25, 0.3) is 5.91 Å². The van der Waals surface area contributed by atoms with Gasteiger partial charge in [-0.25, -0.2) is 4.79 Å². The minimum Gasteiger partial charge on any atom is -0.507 e. The lowest BCUT2D eigenvalue weighted by Gasteiger charge is -2.14. The van der Waals surface area contributed by atoms with Crippen LogP contribution in [0, 0.1) is 6.92 Å². The molecule has 1 unspecified atom stereocenters. The molecule has 0 saturated heterocycles. The number of aliphatic hydroxyl groups excluding tert-OH is 1. The molecule has 1 aromatic carbocycles. The molecule has 0 aromatic heterocycles. The van der Waals surface area contributed by atoms with Crippen LogP contribution in [0.3, 0.4) is 0 Å².